The molecule has 1 aliphatic heterocycles. The second-order valence-electron chi connectivity index (χ2n) is 7.15. The molecule has 152 valence electrons. The van der Waals surface area contributed by atoms with Crippen molar-refractivity contribution in [2.45, 2.75) is 52.2 Å². The molecule has 0 radical (unpaired) electrons. The van der Waals surface area contributed by atoms with Crippen molar-refractivity contribution in [1.82, 2.24) is 20.0 Å². The van der Waals surface area contributed by atoms with Crippen molar-refractivity contribution < 1.29 is 4.79 Å². The quantitative estimate of drug-likeness (QED) is 0.501. The first kappa shape index (κ1) is 21.2. The van der Waals surface area contributed by atoms with E-state index in [1.54, 1.807) is 11.3 Å². The predicted molar refractivity (Wildman–Crippen MR) is 118 cm³/mol. The van der Waals surface area contributed by atoms with Crippen molar-refractivity contribution in [3.8, 4) is 0 Å². The number of aromatic nitrogens is 2. The van der Waals surface area contributed by atoms with E-state index in [4.69, 9.17) is 0 Å². The zero-order valence-electron chi connectivity index (χ0n) is 16.8. The third-order valence-corrected chi connectivity index (χ3v) is 6.50. The van der Waals surface area contributed by atoms with Gasteiger partial charge in [0, 0.05) is 24.0 Å². The van der Waals surface area contributed by atoms with E-state index >= 15 is 0 Å². The van der Waals surface area contributed by atoms with Crippen molar-refractivity contribution >= 4 is 38.4 Å². The number of likely N-dealkylation sites (N-methyl/N-ethyl adjacent to an activating group) is 2. The molecule has 0 N–H and O–H groups in total. The van der Waals surface area contributed by atoms with Gasteiger partial charge in [0.25, 0.3) is 0 Å². The summed E-state index contributed by atoms with van der Waals surface area (Å²) in [6.07, 6.45) is 4.38. The van der Waals surface area contributed by atoms with E-state index in [0.29, 0.717) is 18.2 Å². The molecule has 0 spiro atoms. The standard InChI is InChI=1S/C20H28BrN5OS/c1-4-6-7-11-17-22-23-19(28-17)26-18(14-25(5-2)20(26)27)24(3)13-15-9-8-10-16(21)12-15/h8-10,12,18H,4-7,11,13-14H2,1-3H3. The van der Waals surface area contributed by atoms with Crippen molar-refractivity contribution in [3.63, 3.8) is 0 Å². The number of nitrogens with zero attached hydrogens (tertiary/aromatic N) is 5. The van der Waals surface area contributed by atoms with Gasteiger partial charge < -0.3 is 4.90 Å². The summed E-state index contributed by atoms with van der Waals surface area (Å²) in [5.74, 6) is 0. The van der Waals surface area contributed by atoms with E-state index < -0.39 is 0 Å². The zero-order valence-corrected chi connectivity index (χ0v) is 19.2. The number of unbranched alkanes of at least 4 members (excludes halogenated alkanes) is 2. The fourth-order valence-corrected chi connectivity index (χ4v) is 4.81. The van der Waals surface area contributed by atoms with Gasteiger partial charge in [-0.05, 0) is 38.1 Å². The molecule has 1 fully saturated rings. The van der Waals surface area contributed by atoms with Crippen molar-refractivity contribution in [2.75, 3.05) is 25.0 Å². The summed E-state index contributed by atoms with van der Waals surface area (Å²) in [6, 6.07) is 8.30. The van der Waals surface area contributed by atoms with E-state index in [-0.39, 0.29) is 12.2 Å². The molecule has 1 atom stereocenters. The van der Waals surface area contributed by atoms with Crippen molar-refractivity contribution in [1.29, 1.82) is 0 Å². The van der Waals surface area contributed by atoms with Crippen LogP contribution >= 0.6 is 27.3 Å². The minimum atomic E-state index is -0.0529. The Morgan fingerprint density at radius 3 is 2.82 bits per heavy atom. The van der Waals surface area contributed by atoms with E-state index in [1.165, 1.54) is 18.4 Å². The summed E-state index contributed by atoms with van der Waals surface area (Å²) < 4.78 is 1.06. The monoisotopic (exact) mass is 465 g/mol. The van der Waals surface area contributed by atoms with E-state index in [0.717, 1.165) is 28.9 Å². The van der Waals surface area contributed by atoms with Gasteiger partial charge in [-0.3, -0.25) is 4.90 Å². The van der Waals surface area contributed by atoms with Gasteiger partial charge in [-0.15, -0.1) is 10.2 Å². The number of rotatable bonds is 9. The van der Waals surface area contributed by atoms with Crippen LogP contribution < -0.4 is 4.90 Å². The minimum Gasteiger partial charge on any atom is -0.321 e. The number of hydrogen-bond acceptors (Lipinski definition) is 5. The highest BCUT2D eigenvalue weighted by molar-refractivity contribution is 9.10. The minimum absolute atomic E-state index is 0.0184. The Morgan fingerprint density at radius 1 is 1.29 bits per heavy atom. The average molecular weight is 466 g/mol. The van der Waals surface area contributed by atoms with E-state index in [2.05, 4.69) is 57.1 Å². The number of halogens is 1. The average Bonchev–Trinajstić information content (AvgIpc) is 3.26. The van der Waals surface area contributed by atoms with Crippen LogP contribution in [0.1, 0.15) is 43.7 Å². The lowest BCUT2D eigenvalue weighted by Crippen LogP contribution is -2.45. The first-order valence-electron chi connectivity index (χ1n) is 9.88. The highest BCUT2D eigenvalue weighted by Gasteiger charge is 2.41. The van der Waals surface area contributed by atoms with Gasteiger partial charge in [-0.1, -0.05) is 59.2 Å². The third-order valence-electron chi connectivity index (χ3n) is 5.03. The molecule has 0 saturated carbocycles. The normalized spacial score (nSPS) is 17.2. The summed E-state index contributed by atoms with van der Waals surface area (Å²) in [7, 11) is 2.06. The van der Waals surface area contributed by atoms with Gasteiger partial charge in [0.1, 0.15) is 11.2 Å². The van der Waals surface area contributed by atoms with Crippen LogP contribution in [0, 0.1) is 0 Å². The number of carbonyl (C=O) groups excluding carboxylic acids is 1. The van der Waals surface area contributed by atoms with Crippen LogP contribution in [-0.2, 0) is 13.0 Å². The number of amides is 2. The molecule has 1 unspecified atom stereocenters. The highest BCUT2D eigenvalue weighted by atomic mass is 79.9. The molecule has 2 heterocycles. The molecule has 3 rings (SSSR count). The van der Waals surface area contributed by atoms with Crippen LogP contribution in [-0.4, -0.2) is 52.3 Å². The molecule has 1 aromatic carbocycles. The molecule has 6 nitrogen and oxygen atoms in total. The maximum absolute atomic E-state index is 13.0. The molecular weight excluding hydrogens is 438 g/mol. The summed E-state index contributed by atoms with van der Waals surface area (Å²) >= 11 is 5.08. The Hall–Kier alpha value is -1.51. The van der Waals surface area contributed by atoms with E-state index in [1.807, 2.05) is 28.9 Å². The van der Waals surface area contributed by atoms with Crippen LogP contribution in [0.3, 0.4) is 0 Å². The summed E-state index contributed by atoms with van der Waals surface area (Å²) in [5, 5.41) is 10.4. The van der Waals surface area contributed by atoms with Gasteiger partial charge >= 0.3 is 6.03 Å². The topological polar surface area (TPSA) is 52.6 Å². The van der Waals surface area contributed by atoms with E-state index in [9.17, 15) is 4.79 Å². The SMILES string of the molecule is CCCCCc1nnc(N2C(=O)N(CC)CC2N(C)Cc2cccc(Br)c2)s1. The lowest BCUT2D eigenvalue weighted by atomic mass is 10.2. The summed E-state index contributed by atoms with van der Waals surface area (Å²) in [6.45, 7) is 6.33. The van der Waals surface area contributed by atoms with Crippen LogP contribution in [0.5, 0.6) is 0 Å². The number of carbonyl (C=O) groups is 1. The molecule has 0 aliphatic carbocycles. The number of aryl methyl sites for hydroxylation is 1. The fraction of sp³-hybridized carbons (Fsp3) is 0.550. The first-order valence-corrected chi connectivity index (χ1v) is 11.5. The van der Waals surface area contributed by atoms with Crippen LogP contribution in [0.25, 0.3) is 0 Å². The van der Waals surface area contributed by atoms with Gasteiger partial charge in [-0.25, -0.2) is 9.69 Å². The van der Waals surface area contributed by atoms with Crippen LogP contribution in [0.2, 0.25) is 0 Å². The molecular formula is C20H28BrN5OS. The maximum atomic E-state index is 13.0. The highest BCUT2D eigenvalue weighted by Crippen LogP contribution is 2.30. The predicted octanol–water partition coefficient (Wildman–Crippen LogP) is 4.75. The Bertz CT molecular complexity index is 798. The fourth-order valence-electron chi connectivity index (χ4n) is 3.44. The zero-order chi connectivity index (χ0) is 20.1. The molecule has 1 aromatic heterocycles. The Morgan fingerprint density at radius 2 is 2.11 bits per heavy atom. The summed E-state index contributed by atoms with van der Waals surface area (Å²) in [5.41, 5.74) is 1.21. The van der Waals surface area contributed by atoms with Crippen molar-refractivity contribution in [3.05, 3.63) is 39.3 Å². The molecule has 1 saturated heterocycles. The largest absolute Gasteiger partial charge is 0.327 e. The Balaban J connectivity index is 1.77. The lowest BCUT2D eigenvalue weighted by molar-refractivity contribution is 0.217. The lowest BCUT2D eigenvalue weighted by Gasteiger charge is -2.29. The van der Waals surface area contributed by atoms with Gasteiger partial charge in [0.15, 0.2) is 0 Å². The van der Waals surface area contributed by atoms with Gasteiger partial charge in [0.2, 0.25) is 5.13 Å². The molecule has 0 bridgehead atoms. The number of anilines is 1. The van der Waals surface area contributed by atoms with Crippen molar-refractivity contribution in [2.24, 2.45) is 0 Å². The Kier molecular flexibility index (Phi) is 7.42. The molecule has 2 amide bonds. The maximum Gasteiger partial charge on any atom is 0.327 e. The molecule has 28 heavy (non-hydrogen) atoms. The number of urea groups is 1. The molecule has 1 aliphatic rings. The van der Waals surface area contributed by atoms with Gasteiger partial charge in [-0.2, -0.15) is 0 Å². The number of hydrogen-bond donors (Lipinski definition) is 0. The molecule has 8 heteroatoms. The Labute approximate surface area is 179 Å². The van der Waals surface area contributed by atoms with Crippen LogP contribution in [0.4, 0.5) is 9.93 Å². The number of benzene rings is 1. The van der Waals surface area contributed by atoms with Crippen LogP contribution in [0.15, 0.2) is 28.7 Å². The summed E-state index contributed by atoms with van der Waals surface area (Å²) in [4.78, 5) is 18.9. The second kappa shape index (κ2) is 9.80. The van der Waals surface area contributed by atoms with Gasteiger partial charge in [0.05, 0.1) is 6.54 Å². The molecule has 2 aromatic rings. The smallest absolute Gasteiger partial charge is 0.321 e. The third kappa shape index (κ3) is 4.90. The first-order chi connectivity index (χ1) is 13.5. The second-order valence-corrected chi connectivity index (χ2v) is 9.11.